The van der Waals surface area contributed by atoms with E-state index in [2.05, 4.69) is 11.0 Å². The van der Waals surface area contributed by atoms with Crippen LogP contribution in [0.4, 0.5) is 0 Å². The van der Waals surface area contributed by atoms with Crippen LogP contribution in [0.3, 0.4) is 0 Å². The third-order valence-electron chi connectivity index (χ3n) is 8.91. The summed E-state index contributed by atoms with van der Waals surface area (Å²) < 4.78 is 0. The number of carbonyl (C=O) groups is 3. The number of likely N-dealkylation sites (tertiary alicyclic amines) is 1. The Morgan fingerprint density at radius 1 is 0.949 bits per heavy atom. The lowest BCUT2D eigenvalue weighted by Gasteiger charge is -2.50. The Morgan fingerprint density at radius 2 is 1.51 bits per heavy atom. The van der Waals surface area contributed by atoms with Gasteiger partial charge < -0.3 is 25.1 Å². The molecule has 4 rings (SSSR count). The molecule has 1 heterocycles. The largest absolute Gasteiger partial charge is 0.478 e. The molecule has 1 amide bonds. The van der Waals surface area contributed by atoms with E-state index in [1.54, 1.807) is 0 Å². The molecule has 0 atom stereocenters. The second-order valence-electron chi connectivity index (χ2n) is 11.2. The Kier molecular flexibility index (Phi) is 11.4. The number of carboxylic acids is 2. The van der Waals surface area contributed by atoms with Gasteiger partial charge in [0.2, 0.25) is 5.91 Å². The van der Waals surface area contributed by atoms with Gasteiger partial charge in [0.15, 0.2) is 0 Å². The van der Waals surface area contributed by atoms with Crippen molar-refractivity contribution >= 4 is 29.4 Å². The van der Waals surface area contributed by atoms with Crippen molar-refractivity contribution < 1.29 is 29.7 Å². The summed E-state index contributed by atoms with van der Waals surface area (Å²) in [5.41, 5.74) is -0.264. The van der Waals surface area contributed by atoms with Gasteiger partial charge in [-0.2, -0.15) is 0 Å². The van der Waals surface area contributed by atoms with E-state index < -0.39 is 23.0 Å². The van der Waals surface area contributed by atoms with Crippen LogP contribution in [-0.2, 0) is 20.8 Å². The molecule has 0 spiro atoms. The second kappa shape index (κ2) is 14.3. The van der Waals surface area contributed by atoms with Crippen molar-refractivity contribution in [2.24, 2.45) is 5.41 Å². The summed E-state index contributed by atoms with van der Waals surface area (Å²) in [5, 5.41) is 28.3. The van der Waals surface area contributed by atoms with E-state index in [4.69, 9.17) is 21.8 Å². The number of carboxylic acid groups (broad SMARTS) is 2. The SMILES string of the molecule is CN(C(=O)C1(C2(O)CCN(CCc3ccccc3Cl)CC2)CCCC1)C1CCCCC1.O=C(O)/C=C/C(=O)O. The molecule has 1 aromatic rings. The average molecular weight is 563 g/mol. The number of carbonyl (C=O) groups excluding carboxylic acids is 1. The predicted octanol–water partition coefficient (Wildman–Crippen LogP) is 4.77. The normalized spacial score (nSPS) is 21.2. The number of aliphatic hydroxyl groups is 1. The molecule has 9 heteroatoms. The highest BCUT2D eigenvalue weighted by Gasteiger charge is 2.58. The van der Waals surface area contributed by atoms with Crippen LogP contribution in [0.5, 0.6) is 0 Å². The van der Waals surface area contributed by atoms with Crippen LogP contribution >= 0.6 is 11.6 Å². The second-order valence-corrected chi connectivity index (χ2v) is 11.6. The number of amides is 1. The van der Waals surface area contributed by atoms with E-state index in [0.29, 0.717) is 31.0 Å². The number of hydrogen-bond donors (Lipinski definition) is 3. The maximum absolute atomic E-state index is 13.8. The van der Waals surface area contributed by atoms with Crippen molar-refractivity contribution in [2.75, 3.05) is 26.7 Å². The van der Waals surface area contributed by atoms with Gasteiger partial charge in [-0.15, -0.1) is 0 Å². The van der Waals surface area contributed by atoms with Crippen molar-refractivity contribution in [3.8, 4) is 0 Å². The van der Waals surface area contributed by atoms with Gasteiger partial charge in [0, 0.05) is 49.9 Å². The maximum Gasteiger partial charge on any atom is 0.328 e. The summed E-state index contributed by atoms with van der Waals surface area (Å²) in [6.07, 6.45) is 13.2. The zero-order chi connectivity index (χ0) is 28.5. The highest BCUT2D eigenvalue weighted by atomic mass is 35.5. The van der Waals surface area contributed by atoms with E-state index in [1.807, 2.05) is 30.1 Å². The van der Waals surface area contributed by atoms with E-state index in [0.717, 1.165) is 69.6 Å². The van der Waals surface area contributed by atoms with Crippen LogP contribution in [0.15, 0.2) is 36.4 Å². The lowest BCUT2D eigenvalue weighted by atomic mass is 9.64. The van der Waals surface area contributed by atoms with Crippen molar-refractivity contribution in [2.45, 2.75) is 88.7 Å². The molecule has 3 fully saturated rings. The summed E-state index contributed by atoms with van der Waals surface area (Å²) in [5.74, 6) is -2.29. The Hall–Kier alpha value is -2.42. The summed E-state index contributed by atoms with van der Waals surface area (Å²) in [4.78, 5) is 37.4. The van der Waals surface area contributed by atoms with Crippen LogP contribution in [-0.4, -0.2) is 81.3 Å². The molecule has 0 aromatic heterocycles. The Morgan fingerprint density at radius 3 is 2.05 bits per heavy atom. The molecule has 0 unspecified atom stereocenters. The molecule has 216 valence electrons. The molecule has 3 N–H and O–H groups in total. The number of rotatable bonds is 8. The molecule has 1 aromatic carbocycles. The third kappa shape index (κ3) is 8.05. The molecule has 3 aliphatic rings. The van der Waals surface area contributed by atoms with Crippen LogP contribution in [0.1, 0.15) is 76.2 Å². The van der Waals surface area contributed by atoms with Gasteiger partial charge in [0.25, 0.3) is 0 Å². The zero-order valence-electron chi connectivity index (χ0n) is 23.0. The Balaban J connectivity index is 0.000000459. The van der Waals surface area contributed by atoms with Crippen molar-refractivity contribution in [3.63, 3.8) is 0 Å². The van der Waals surface area contributed by atoms with Gasteiger partial charge in [-0.3, -0.25) is 4.79 Å². The van der Waals surface area contributed by atoms with Gasteiger partial charge >= 0.3 is 11.9 Å². The highest BCUT2D eigenvalue weighted by Crippen LogP contribution is 2.52. The maximum atomic E-state index is 13.8. The quantitative estimate of drug-likeness (QED) is 0.390. The molecule has 8 nitrogen and oxygen atoms in total. The van der Waals surface area contributed by atoms with E-state index in [-0.39, 0.29) is 5.91 Å². The minimum atomic E-state index is -1.26. The highest BCUT2D eigenvalue weighted by molar-refractivity contribution is 6.31. The van der Waals surface area contributed by atoms with Crippen LogP contribution in [0.25, 0.3) is 0 Å². The first-order valence-electron chi connectivity index (χ1n) is 14.2. The smallest absolute Gasteiger partial charge is 0.328 e. The van der Waals surface area contributed by atoms with Crippen LogP contribution in [0, 0.1) is 5.41 Å². The fourth-order valence-electron chi connectivity index (χ4n) is 6.58. The summed E-state index contributed by atoms with van der Waals surface area (Å²) in [7, 11) is 2.00. The Bertz CT molecular complexity index is 992. The lowest BCUT2D eigenvalue weighted by molar-refractivity contribution is -0.171. The number of benzene rings is 1. The van der Waals surface area contributed by atoms with Gasteiger partial charge in [-0.05, 0) is 56.6 Å². The van der Waals surface area contributed by atoms with Crippen molar-refractivity contribution in [1.82, 2.24) is 9.80 Å². The van der Waals surface area contributed by atoms with Crippen molar-refractivity contribution in [3.05, 3.63) is 47.0 Å². The first kappa shape index (κ1) is 31.1. The molecular weight excluding hydrogens is 520 g/mol. The zero-order valence-corrected chi connectivity index (χ0v) is 23.7. The molecular formula is C30H43ClN2O6. The molecule has 1 aliphatic heterocycles. The molecule has 2 aliphatic carbocycles. The molecule has 1 saturated heterocycles. The summed E-state index contributed by atoms with van der Waals surface area (Å²) in [6, 6.07) is 8.40. The van der Waals surface area contributed by atoms with Gasteiger partial charge in [0.1, 0.15) is 0 Å². The molecule has 0 radical (unpaired) electrons. The predicted molar refractivity (Wildman–Crippen MR) is 151 cm³/mol. The van der Waals surface area contributed by atoms with Crippen LogP contribution < -0.4 is 0 Å². The number of aliphatic carboxylic acids is 2. The molecule has 0 bridgehead atoms. The fourth-order valence-corrected chi connectivity index (χ4v) is 6.81. The standard InChI is InChI=1S/C26H39ClN2O2.C4H4O4/c1-28(22-10-3-2-4-11-22)24(30)25(14-7-8-15-25)26(31)16-19-29(20-17-26)18-13-21-9-5-6-12-23(21)27;5-3(6)1-2-4(7)8/h5-6,9,12,22,31H,2-4,7-8,10-11,13-20H2,1H3;1-2H,(H,5,6)(H,7,8)/b;2-1+. The Labute approximate surface area is 236 Å². The topological polar surface area (TPSA) is 118 Å². The molecule has 2 saturated carbocycles. The fraction of sp³-hybridized carbons (Fsp3) is 0.633. The number of hydrogen-bond acceptors (Lipinski definition) is 5. The van der Waals surface area contributed by atoms with E-state index >= 15 is 0 Å². The summed E-state index contributed by atoms with van der Waals surface area (Å²) in [6.45, 7) is 2.65. The average Bonchev–Trinajstić information content (AvgIpc) is 3.45. The minimum Gasteiger partial charge on any atom is -0.478 e. The van der Waals surface area contributed by atoms with E-state index in [9.17, 15) is 19.5 Å². The number of halogens is 1. The third-order valence-corrected chi connectivity index (χ3v) is 9.28. The monoisotopic (exact) mass is 562 g/mol. The first-order valence-corrected chi connectivity index (χ1v) is 14.6. The first-order chi connectivity index (χ1) is 18.6. The number of nitrogens with zero attached hydrogens (tertiary/aromatic N) is 2. The number of piperidine rings is 1. The van der Waals surface area contributed by atoms with Gasteiger partial charge in [0.05, 0.1) is 11.0 Å². The van der Waals surface area contributed by atoms with Crippen LogP contribution in [0.2, 0.25) is 5.02 Å². The van der Waals surface area contributed by atoms with E-state index in [1.165, 1.54) is 24.8 Å². The van der Waals surface area contributed by atoms with Gasteiger partial charge in [-0.25, -0.2) is 9.59 Å². The van der Waals surface area contributed by atoms with Crippen molar-refractivity contribution in [1.29, 1.82) is 0 Å². The molecule has 39 heavy (non-hydrogen) atoms. The summed E-state index contributed by atoms with van der Waals surface area (Å²) >= 11 is 6.32. The lowest BCUT2D eigenvalue weighted by Crippen LogP contribution is -2.61. The van der Waals surface area contributed by atoms with Gasteiger partial charge in [-0.1, -0.05) is 61.9 Å². The minimum absolute atomic E-state index is 0.226.